The monoisotopic (exact) mass is 326 g/mol. The number of hydrogen-bond acceptors (Lipinski definition) is 5. The normalized spacial score (nSPS) is 15.8. The zero-order valence-corrected chi connectivity index (χ0v) is 13.6. The van der Waals surface area contributed by atoms with Crippen LogP contribution in [0, 0.1) is 5.82 Å². The number of halogens is 1. The van der Waals surface area contributed by atoms with Gasteiger partial charge in [-0.3, -0.25) is 0 Å². The summed E-state index contributed by atoms with van der Waals surface area (Å²) in [6.45, 7) is 0. The second kappa shape index (κ2) is 6.19. The second-order valence-corrected chi connectivity index (χ2v) is 6.32. The molecule has 0 bridgehead atoms. The highest BCUT2D eigenvalue weighted by Gasteiger charge is 2.24. The van der Waals surface area contributed by atoms with Crippen LogP contribution in [0.2, 0.25) is 0 Å². The van der Waals surface area contributed by atoms with E-state index in [9.17, 15) is 4.39 Å². The van der Waals surface area contributed by atoms with Gasteiger partial charge in [-0.2, -0.15) is 4.98 Å². The summed E-state index contributed by atoms with van der Waals surface area (Å²) in [5.74, 6) is 0.551. The molecular weight excluding hydrogens is 307 g/mol. The van der Waals surface area contributed by atoms with Gasteiger partial charge in [-0.15, -0.1) is 0 Å². The Morgan fingerprint density at radius 1 is 1.08 bits per heavy atom. The van der Waals surface area contributed by atoms with E-state index in [4.69, 9.17) is 4.52 Å². The van der Waals surface area contributed by atoms with Gasteiger partial charge in [0.05, 0.1) is 0 Å². The van der Waals surface area contributed by atoms with Crippen molar-refractivity contribution in [2.24, 2.45) is 0 Å². The molecule has 24 heavy (non-hydrogen) atoms. The average molecular weight is 326 g/mol. The van der Waals surface area contributed by atoms with Crippen molar-refractivity contribution < 1.29 is 8.91 Å². The van der Waals surface area contributed by atoms with E-state index < -0.39 is 0 Å². The van der Waals surface area contributed by atoms with E-state index in [0.717, 1.165) is 16.8 Å². The van der Waals surface area contributed by atoms with Crippen molar-refractivity contribution in [2.45, 2.75) is 38.1 Å². The minimum atomic E-state index is -0.276. The predicted octanol–water partition coefficient (Wildman–Crippen LogP) is 4.19. The summed E-state index contributed by atoms with van der Waals surface area (Å²) < 4.78 is 18.6. The third kappa shape index (κ3) is 2.62. The molecule has 124 valence electrons. The zero-order chi connectivity index (χ0) is 16.5. The van der Waals surface area contributed by atoms with Crippen LogP contribution in [0.4, 0.5) is 10.2 Å². The lowest BCUT2D eigenvalue weighted by molar-refractivity contribution is 0.426. The molecule has 1 aromatic carbocycles. The Bertz CT molecular complexity index is 840. The predicted molar refractivity (Wildman–Crippen MR) is 90.3 cm³/mol. The summed E-state index contributed by atoms with van der Waals surface area (Å²) in [5, 5.41) is 4.95. The van der Waals surface area contributed by atoms with Gasteiger partial charge in [0.1, 0.15) is 29.0 Å². The van der Waals surface area contributed by atoms with Crippen LogP contribution in [0.5, 0.6) is 0 Å². The number of rotatable bonds is 3. The Balaban J connectivity index is 1.81. The molecule has 0 amide bonds. The first kappa shape index (κ1) is 15.1. The van der Waals surface area contributed by atoms with Crippen LogP contribution in [0.25, 0.3) is 22.4 Å². The molecule has 0 unspecified atom stereocenters. The SMILES string of the molecule is CN(c1ncnc2onc(-c3ccc(F)cc3)c12)C1CCCCC1. The van der Waals surface area contributed by atoms with Crippen molar-refractivity contribution >= 4 is 16.9 Å². The Morgan fingerprint density at radius 2 is 1.83 bits per heavy atom. The quantitative estimate of drug-likeness (QED) is 0.722. The van der Waals surface area contributed by atoms with Crippen molar-refractivity contribution in [1.29, 1.82) is 0 Å². The number of anilines is 1. The topological polar surface area (TPSA) is 55.1 Å². The molecule has 2 heterocycles. The van der Waals surface area contributed by atoms with Gasteiger partial charge >= 0.3 is 0 Å². The minimum absolute atomic E-state index is 0.276. The molecular formula is C18H19FN4O. The highest BCUT2D eigenvalue weighted by molar-refractivity contribution is 5.97. The highest BCUT2D eigenvalue weighted by atomic mass is 19.1. The second-order valence-electron chi connectivity index (χ2n) is 6.32. The number of fused-ring (bicyclic) bond motifs is 1. The van der Waals surface area contributed by atoms with Crippen LogP contribution in [-0.2, 0) is 0 Å². The Morgan fingerprint density at radius 3 is 2.58 bits per heavy atom. The van der Waals surface area contributed by atoms with Crippen molar-refractivity contribution in [1.82, 2.24) is 15.1 Å². The first-order valence-corrected chi connectivity index (χ1v) is 8.33. The maximum absolute atomic E-state index is 13.2. The van der Waals surface area contributed by atoms with Crippen LogP contribution in [0.15, 0.2) is 35.1 Å². The van der Waals surface area contributed by atoms with Gasteiger partial charge in [0, 0.05) is 18.7 Å². The summed E-state index contributed by atoms with van der Waals surface area (Å²) >= 11 is 0. The average Bonchev–Trinajstić information content (AvgIpc) is 3.07. The summed E-state index contributed by atoms with van der Waals surface area (Å²) in [6.07, 6.45) is 7.64. The third-order valence-corrected chi connectivity index (χ3v) is 4.83. The van der Waals surface area contributed by atoms with Gasteiger partial charge in [0.2, 0.25) is 0 Å². The van der Waals surface area contributed by atoms with Crippen LogP contribution < -0.4 is 4.90 Å². The summed E-state index contributed by atoms with van der Waals surface area (Å²) in [4.78, 5) is 10.9. The molecule has 5 nitrogen and oxygen atoms in total. The first-order chi connectivity index (χ1) is 11.7. The number of hydrogen-bond donors (Lipinski definition) is 0. The molecule has 4 rings (SSSR count). The van der Waals surface area contributed by atoms with Crippen molar-refractivity contribution in [2.75, 3.05) is 11.9 Å². The molecule has 2 aromatic heterocycles. The summed E-state index contributed by atoms with van der Waals surface area (Å²) in [5.41, 5.74) is 1.91. The maximum atomic E-state index is 13.2. The first-order valence-electron chi connectivity index (χ1n) is 8.33. The Kier molecular flexibility index (Phi) is 3.88. The molecule has 1 aliphatic carbocycles. The van der Waals surface area contributed by atoms with Gasteiger partial charge in [-0.1, -0.05) is 24.4 Å². The molecule has 3 aromatic rings. The van der Waals surface area contributed by atoms with Crippen LogP contribution in [0.1, 0.15) is 32.1 Å². The van der Waals surface area contributed by atoms with Gasteiger partial charge in [0.25, 0.3) is 5.71 Å². The Labute approximate surface area is 139 Å². The number of aromatic nitrogens is 3. The lowest BCUT2D eigenvalue weighted by atomic mass is 9.94. The van der Waals surface area contributed by atoms with E-state index in [2.05, 4.69) is 27.1 Å². The summed E-state index contributed by atoms with van der Waals surface area (Å²) in [6, 6.07) is 6.70. The Hall–Kier alpha value is -2.50. The van der Waals surface area contributed by atoms with Crippen molar-refractivity contribution in [3.63, 3.8) is 0 Å². The molecule has 0 saturated heterocycles. The van der Waals surface area contributed by atoms with Crippen LogP contribution in [-0.4, -0.2) is 28.2 Å². The molecule has 0 spiro atoms. The molecule has 1 aliphatic rings. The molecule has 0 aliphatic heterocycles. The van der Waals surface area contributed by atoms with Crippen LogP contribution >= 0.6 is 0 Å². The lowest BCUT2D eigenvalue weighted by Gasteiger charge is -2.32. The lowest BCUT2D eigenvalue weighted by Crippen LogP contribution is -2.34. The standard InChI is InChI=1S/C18H19FN4O/c1-23(14-5-3-2-4-6-14)17-15-16(12-7-9-13(19)10-8-12)22-24-18(15)21-11-20-17/h7-11,14H,2-6H2,1H3. The molecule has 1 fully saturated rings. The van der Waals surface area contributed by atoms with E-state index in [0.29, 0.717) is 17.4 Å². The van der Waals surface area contributed by atoms with Crippen molar-refractivity contribution in [3.05, 3.63) is 36.4 Å². The number of benzene rings is 1. The molecule has 0 radical (unpaired) electrons. The van der Waals surface area contributed by atoms with E-state index in [-0.39, 0.29) is 5.82 Å². The maximum Gasteiger partial charge on any atom is 0.263 e. The highest BCUT2D eigenvalue weighted by Crippen LogP contribution is 2.35. The molecule has 0 atom stereocenters. The third-order valence-electron chi connectivity index (χ3n) is 4.83. The van der Waals surface area contributed by atoms with Gasteiger partial charge in [-0.05, 0) is 37.1 Å². The fourth-order valence-electron chi connectivity index (χ4n) is 3.49. The van der Waals surface area contributed by atoms with E-state index >= 15 is 0 Å². The van der Waals surface area contributed by atoms with E-state index in [1.165, 1.54) is 50.6 Å². The minimum Gasteiger partial charge on any atom is -0.356 e. The van der Waals surface area contributed by atoms with Crippen molar-refractivity contribution in [3.8, 4) is 11.3 Å². The molecule has 0 N–H and O–H groups in total. The van der Waals surface area contributed by atoms with Gasteiger partial charge < -0.3 is 9.42 Å². The largest absolute Gasteiger partial charge is 0.356 e. The van der Waals surface area contributed by atoms with E-state index in [1.54, 1.807) is 12.1 Å². The van der Waals surface area contributed by atoms with Gasteiger partial charge in [-0.25, -0.2) is 9.37 Å². The fourth-order valence-corrected chi connectivity index (χ4v) is 3.49. The zero-order valence-electron chi connectivity index (χ0n) is 13.6. The van der Waals surface area contributed by atoms with Gasteiger partial charge in [0.15, 0.2) is 0 Å². The fraction of sp³-hybridized carbons (Fsp3) is 0.389. The smallest absolute Gasteiger partial charge is 0.263 e. The number of nitrogens with zero attached hydrogens (tertiary/aromatic N) is 4. The molecule has 6 heteroatoms. The van der Waals surface area contributed by atoms with E-state index in [1.807, 2.05) is 0 Å². The van der Waals surface area contributed by atoms with Crippen LogP contribution in [0.3, 0.4) is 0 Å². The summed E-state index contributed by atoms with van der Waals surface area (Å²) in [7, 11) is 2.07. The molecule has 1 saturated carbocycles.